The molecule has 0 aliphatic carbocycles. The summed E-state index contributed by atoms with van der Waals surface area (Å²) in [7, 11) is -16.1. The Balaban J connectivity index is 3.43. The van der Waals surface area contributed by atoms with Crippen molar-refractivity contribution in [1.29, 1.82) is 0 Å². The van der Waals surface area contributed by atoms with E-state index in [1.54, 1.807) is 0 Å². The van der Waals surface area contributed by atoms with Crippen molar-refractivity contribution >= 4 is 31.9 Å². The van der Waals surface area contributed by atoms with Gasteiger partial charge in [0.15, 0.2) is 0 Å². The number of alkyl halides is 34. The molecule has 0 bridgehead atoms. The Kier molecular flexibility index (Phi) is 19.4. The number of amides is 2. The van der Waals surface area contributed by atoms with E-state index in [2.05, 4.69) is 0 Å². The first-order valence-corrected chi connectivity index (χ1v) is 22.2. The molecule has 0 fully saturated rings. The first-order chi connectivity index (χ1) is 34.3. The summed E-state index contributed by atoms with van der Waals surface area (Å²) in [6.07, 6.45) is -17.1. The second-order valence-electron chi connectivity index (χ2n) is 15.7. The van der Waals surface area contributed by atoms with E-state index in [1.807, 2.05) is 0 Å². The molecule has 46 heteroatoms. The van der Waals surface area contributed by atoms with Gasteiger partial charge in [0.05, 0.1) is 0 Å². The van der Waals surface area contributed by atoms with E-state index in [9.17, 15) is 176 Å². The lowest BCUT2D eigenvalue weighted by Crippen LogP contribution is -2.75. The Bertz CT molecular complexity index is 2620. The lowest BCUT2D eigenvalue weighted by molar-refractivity contribution is -0.458. The highest BCUT2D eigenvalue weighted by Crippen LogP contribution is 2.66. The van der Waals surface area contributed by atoms with Gasteiger partial charge in [-0.1, -0.05) is 13.0 Å². The number of hydrogen-bond donors (Lipinski definition) is 2. The van der Waals surface area contributed by atoms with E-state index in [0.29, 0.717) is 25.1 Å². The van der Waals surface area contributed by atoms with Crippen LogP contribution in [-0.2, 0) is 20.0 Å². The molecule has 0 aliphatic heterocycles. The second-order valence-corrected chi connectivity index (χ2v) is 19.8. The van der Waals surface area contributed by atoms with Gasteiger partial charge in [-0.3, -0.25) is 9.59 Å². The maximum atomic E-state index is 14.9. The lowest BCUT2D eigenvalue weighted by Gasteiger charge is -2.43. The zero-order valence-electron chi connectivity index (χ0n) is 37.5. The van der Waals surface area contributed by atoms with Gasteiger partial charge in [0.25, 0.3) is 31.9 Å². The molecular formula is C33H26F34N4O6S2. The second kappa shape index (κ2) is 21.1. The molecule has 2 N–H and O–H groups in total. The molecule has 0 aromatic heterocycles. The van der Waals surface area contributed by atoms with Crippen LogP contribution < -0.4 is 10.6 Å². The summed E-state index contributed by atoms with van der Waals surface area (Å²) in [5.74, 6) is -110. The third-order valence-electron chi connectivity index (χ3n) is 10.4. The molecule has 2 amide bonds. The fourth-order valence-electron chi connectivity index (χ4n) is 5.53. The summed E-state index contributed by atoms with van der Waals surface area (Å²) < 4.78 is 513. The van der Waals surface area contributed by atoms with E-state index in [4.69, 9.17) is 0 Å². The van der Waals surface area contributed by atoms with Crippen molar-refractivity contribution < 1.29 is 176 Å². The maximum Gasteiger partial charge on any atom is 0.460 e. The lowest BCUT2D eigenvalue weighted by atomic mass is 9.91. The summed E-state index contributed by atoms with van der Waals surface area (Å²) in [6, 6.07) is 1.66. The van der Waals surface area contributed by atoms with Gasteiger partial charge < -0.3 is 10.6 Å². The number of carbonyl (C=O) groups excluding carboxylic acids is 2. The van der Waals surface area contributed by atoms with Crippen molar-refractivity contribution in [2.24, 2.45) is 0 Å². The highest BCUT2D eigenvalue weighted by atomic mass is 32.2. The van der Waals surface area contributed by atoms with Crippen LogP contribution >= 0.6 is 0 Å². The van der Waals surface area contributed by atoms with E-state index in [1.165, 1.54) is 10.6 Å². The molecule has 0 aliphatic rings. The highest BCUT2D eigenvalue weighted by molar-refractivity contribution is 7.90. The van der Waals surface area contributed by atoms with Crippen LogP contribution in [0.4, 0.5) is 149 Å². The average Bonchev–Trinajstić information content (AvgIpc) is 3.26. The van der Waals surface area contributed by atoms with Gasteiger partial charge in [0, 0.05) is 50.9 Å². The molecule has 0 unspecified atom stereocenters. The molecule has 1 aromatic rings. The molecule has 0 radical (unpaired) electrons. The van der Waals surface area contributed by atoms with Crippen molar-refractivity contribution in [3.63, 3.8) is 0 Å². The third kappa shape index (κ3) is 10.7. The fraction of sp³-hybridized carbons (Fsp3) is 0.758. The van der Waals surface area contributed by atoms with Gasteiger partial charge in [-0.15, -0.1) is 0 Å². The van der Waals surface area contributed by atoms with Crippen molar-refractivity contribution in [1.82, 2.24) is 19.2 Å². The Morgan fingerprint density at radius 2 is 0.709 bits per heavy atom. The standard InChI is InChI=1S/C33H26F34N4O6S2/c1-4-9-71(79(76,77)33(66,67)29(56,57)25(48,49)21(40,41)19(36,37)23(44,45)27(52,53)31(61,62)63)11-8-68-16(72)14-6-5-13(2)15(12-14)17(73)69-7-10-70(3)78(74,75)32(64,65)28(54,55)24(46,47)20(38,39)18(34,35)22(42,43)26(50,51)30(58,59)60/h5-6,12H,4,7-11H2,1-3H3,(H,68,72)(H,69,73). The third-order valence-corrected chi connectivity index (χ3v) is 14.2. The van der Waals surface area contributed by atoms with Crippen molar-refractivity contribution in [2.45, 2.75) is 114 Å². The van der Waals surface area contributed by atoms with Crippen molar-refractivity contribution in [3.05, 3.63) is 34.9 Å². The topological polar surface area (TPSA) is 133 Å². The number of carbonyl (C=O) groups is 2. The van der Waals surface area contributed by atoms with E-state index < -0.39 is 192 Å². The van der Waals surface area contributed by atoms with E-state index in [-0.39, 0.29) is 5.56 Å². The predicted molar refractivity (Wildman–Crippen MR) is 190 cm³/mol. The smallest absolute Gasteiger partial charge is 0.351 e. The van der Waals surface area contributed by atoms with Crippen molar-refractivity contribution in [2.75, 3.05) is 39.8 Å². The molecule has 0 heterocycles. The molecule has 0 spiro atoms. The van der Waals surface area contributed by atoms with E-state index in [0.717, 1.165) is 6.92 Å². The molecule has 79 heavy (non-hydrogen) atoms. The minimum atomic E-state index is -9.16. The fourth-order valence-corrected chi connectivity index (χ4v) is 8.23. The molecule has 0 atom stereocenters. The monoisotopic (exact) mass is 1280 g/mol. The molecule has 464 valence electrons. The largest absolute Gasteiger partial charge is 0.460 e. The van der Waals surface area contributed by atoms with Crippen LogP contribution in [0.1, 0.15) is 39.6 Å². The number of benzene rings is 1. The Labute approximate surface area is 415 Å². The zero-order chi connectivity index (χ0) is 63.8. The summed E-state index contributed by atoms with van der Waals surface area (Å²) in [6.45, 7) is -7.27. The Morgan fingerprint density at radius 1 is 0.418 bits per heavy atom. The summed E-state index contributed by atoms with van der Waals surface area (Å²) in [5, 5.41) is -13.0. The Morgan fingerprint density at radius 3 is 1.04 bits per heavy atom. The minimum Gasteiger partial charge on any atom is -0.351 e. The SMILES string of the molecule is CCCN(CCNC(=O)c1ccc(C)c(C(=O)NCCN(C)S(=O)(=O)C(F)(F)C(F)(F)C(F)(F)C(F)(F)C(F)(F)C(F)(F)C(F)(F)C(F)(F)F)c1)S(=O)(=O)C(F)(F)C(F)(F)C(F)(F)C(F)(F)C(F)(F)C(F)(F)C(F)(F)C(F)(F)F. The molecule has 10 nitrogen and oxygen atoms in total. The van der Waals surface area contributed by atoms with Gasteiger partial charge in [0.2, 0.25) is 0 Å². The number of sulfonamides is 2. The average molecular weight is 1280 g/mol. The van der Waals surface area contributed by atoms with Crippen LogP contribution in [0.3, 0.4) is 0 Å². The van der Waals surface area contributed by atoms with Crippen LogP contribution in [0, 0.1) is 6.92 Å². The predicted octanol–water partition coefficient (Wildman–Crippen LogP) is 10.7. The molecule has 1 rings (SSSR count). The number of likely N-dealkylation sites (N-methyl/N-ethyl adjacent to an activating group) is 1. The van der Waals surface area contributed by atoms with Crippen molar-refractivity contribution in [3.8, 4) is 0 Å². The number of rotatable bonds is 26. The molecule has 0 saturated carbocycles. The number of hydrogen-bond acceptors (Lipinski definition) is 6. The normalized spacial score (nSPS) is 15.7. The molecule has 1 aromatic carbocycles. The van der Waals surface area contributed by atoms with Crippen LogP contribution in [-0.4, -0.2) is 171 Å². The molecular weight excluding hydrogens is 1260 g/mol. The Hall–Kier alpha value is -4.40. The van der Waals surface area contributed by atoms with Gasteiger partial charge in [-0.2, -0.15) is 158 Å². The summed E-state index contributed by atoms with van der Waals surface area (Å²) >= 11 is 0. The number of aryl methyl sites for hydroxylation is 1. The summed E-state index contributed by atoms with van der Waals surface area (Å²) in [4.78, 5) is 25.5. The maximum absolute atomic E-state index is 14.9. The molecule has 0 saturated heterocycles. The number of nitrogens with zero attached hydrogens (tertiary/aromatic N) is 2. The van der Waals surface area contributed by atoms with Gasteiger partial charge >= 0.3 is 93.9 Å². The van der Waals surface area contributed by atoms with Gasteiger partial charge in [-0.05, 0) is 31.0 Å². The highest BCUT2D eigenvalue weighted by Gasteiger charge is 2.98. The number of halogens is 34. The van der Waals surface area contributed by atoms with Crippen LogP contribution in [0.5, 0.6) is 0 Å². The van der Waals surface area contributed by atoms with Crippen LogP contribution in [0.25, 0.3) is 0 Å². The van der Waals surface area contributed by atoms with E-state index >= 15 is 0 Å². The van der Waals surface area contributed by atoms with Crippen LogP contribution in [0.15, 0.2) is 18.2 Å². The first-order valence-electron chi connectivity index (χ1n) is 19.3. The first kappa shape index (κ1) is 72.6. The summed E-state index contributed by atoms with van der Waals surface area (Å²) in [5.41, 5.74) is -2.27. The zero-order valence-corrected chi connectivity index (χ0v) is 39.1. The van der Waals surface area contributed by atoms with Gasteiger partial charge in [0.1, 0.15) is 0 Å². The minimum absolute atomic E-state index is 0.350. The number of nitrogens with one attached hydrogen (secondary N) is 2. The quantitative estimate of drug-likeness (QED) is 0.0888. The van der Waals surface area contributed by atoms with Gasteiger partial charge in [-0.25, -0.2) is 16.8 Å². The van der Waals surface area contributed by atoms with Crippen LogP contribution in [0.2, 0.25) is 0 Å².